The van der Waals surface area contributed by atoms with E-state index in [1.807, 2.05) is 0 Å². The minimum atomic E-state index is -2.79. The molecular formula is C40H29Cl3Zr. The van der Waals surface area contributed by atoms with Crippen LogP contribution in [0.2, 0.25) is 5.02 Å². The Balaban J connectivity index is 0.00000171. The minimum Gasteiger partial charge on any atom is -1.00 e. The Morgan fingerprint density at radius 1 is 0.659 bits per heavy atom. The molecule has 0 aliphatic heterocycles. The molecule has 0 aromatic heterocycles. The van der Waals surface area contributed by atoms with Crippen LogP contribution in [0.25, 0.3) is 32.7 Å². The van der Waals surface area contributed by atoms with Crippen molar-refractivity contribution in [1.82, 2.24) is 0 Å². The van der Waals surface area contributed by atoms with Crippen LogP contribution in [0.4, 0.5) is 0 Å². The van der Waals surface area contributed by atoms with Crippen molar-refractivity contribution in [2.45, 2.75) is 17.0 Å². The van der Waals surface area contributed by atoms with Gasteiger partial charge in [-0.15, -0.1) is 0 Å². The average Bonchev–Trinajstić information content (AvgIpc) is 3.69. The molecule has 1 atom stereocenters. The first-order chi connectivity index (χ1) is 20.7. The van der Waals surface area contributed by atoms with Gasteiger partial charge in [0.2, 0.25) is 0 Å². The summed E-state index contributed by atoms with van der Waals surface area (Å²) in [5.74, 6) is 0. The third-order valence-electron chi connectivity index (χ3n) is 8.95. The monoisotopic (exact) mass is 704 g/mol. The molecule has 6 aromatic rings. The molecule has 0 amide bonds. The van der Waals surface area contributed by atoms with Crippen LogP contribution >= 0.6 is 11.6 Å². The summed E-state index contributed by atoms with van der Waals surface area (Å²) in [6, 6.07) is 45.2. The number of hydrogen-bond donors (Lipinski definition) is 0. The fourth-order valence-corrected chi connectivity index (χ4v) is 16.4. The standard InChI is InChI=1S/C21H13.C14H11Cl.C5H5.2ClH.Zr/c1-2-8-15-14(7-1)13-20-18-11-4-3-9-16(18)17-10-5-6-12-19(17)21(15)20;1-11-2-4-12(5-3-11)10-13-6-8-14(15)9-7-13;1-2-4-5-3-1;;;/h1-13H;2-9H,1H3;1-3H,4H2;2*1H;/q;;;;;+2/p-2. The Kier molecular flexibility index (Phi) is 8.96. The maximum absolute atomic E-state index is 6.46. The number of rotatable bonds is 4. The van der Waals surface area contributed by atoms with E-state index in [0.717, 1.165) is 11.4 Å². The second-order valence-corrected chi connectivity index (χ2v) is 18.1. The first-order valence-electron chi connectivity index (χ1n) is 14.6. The molecule has 2 aliphatic carbocycles. The van der Waals surface area contributed by atoms with Crippen LogP contribution in [-0.2, 0) is 21.3 Å². The molecule has 1 unspecified atom stereocenters. The van der Waals surface area contributed by atoms with Crippen LogP contribution in [0.1, 0.15) is 37.9 Å². The topological polar surface area (TPSA) is 0 Å². The summed E-state index contributed by atoms with van der Waals surface area (Å²) in [5, 5.41) is 6.24. The quantitative estimate of drug-likeness (QED) is 0.232. The number of aryl methyl sites for hydroxylation is 1. The zero-order valence-corrected chi connectivity index (χ0v) is 28.9. The van der Waals surface area contributed by atoms with Crippen molar-refractivity contribution in [3.05, 3.63) is 176 Å². The van der Waals surface area contributed by atoms with E-state index < -0.39 is 21.3 Å². The SMILES string of the molecule is Cc1ccc(/[C](c2ccc(Cl)cc2)=[Zr+2](/[C]2=CC=CC2)[CH]2c3ccccc3-c3c2c2ccccc2c2ccccc32)cc1.[Cl-].[Cl-]. The van der Waals surface area contributed by atoms with E-state index in [-0.39, 0.29) is 24.8 Å². The Labute approximate surface area is 284 Å². The average molecular weight is 707 g/mol. The van der Waals surface area contributed by atoms with Gasteiger partial charge >= 0.3 is 261 Å². The molecule has 0 fully saturated rings. The summed E-state index contributed by atoms with van der Waals surface area (Å²) < 4.78 is 3.55. The molecule has 0 bridgehead atoms. The predicted octanol–water partition coefficient (Wildman–Crippen LogP) is 4.76. The summed E-state index contributed by atoms with van der Waals surface area (Å²) in [6.07, 6.45) is 8.12. The van der Waals surface area contributed by atoms with Crippen LogP contribution in [0, 0.1) is 6.92 Å². The van der Waals surface area contributed by atoms with Crippen LogP contribution in [0.3, 0.4) is 0 Å². The van der Waals surface area contributed by atoms with Crippen LogP contribution < -0.4 is 24.8 Å². The van der Waals surface area contributed by atoms with Crippen LogP contribution in [-0.4, -0.2) is 3.21 Å². The second kappa shape index (κ2) is 12.7. The smallest absolute Gasteiger partial charge is 1.00 e. The molecule has 0 saturated heterocycles. The molecule has 214 valence electrons. The maximum atomic E-state index is 6.46. The van der Waals surface area contributed by atoms with Crippen molar-refractivity contribution in [3.63, 3.8) is 0 Å². The summed E-state index contributed by atoms with van der Waals surface area (Å²) in [7, 11) is 0. The number of benzene rings is 6. The first kappa shape index (κ1) is 30.9. The van der Waals surface area contributed by atoms with E-state index in [4.69, 9.17) is 11.6 Å². The van der Waals surface area contributed by atoms with Crippen molar-refractivity contribution in [1.29, 1.82) is 0 Å². The molecule has 0 spiro atoms. The molecule has 0 N–H and O–H groups in total. The summed E-state index contributed by atoms with van der Waals surface area (Å²) in [4.78, 5) is 0. The van der Waals surface area contributed by atoms with Gasteiger partial charge in [-0.05, 0) is 0 Å². The van der Waals surface area contributed by atoms with Gasteiger partial charge in [0.1, 0.15) is 0 Å². The molecule has 2 aliphatic rings. The molecule has 44 heavy (non-hydrogen) atoms. The Morgan fingerprint density at radius 3 is 1.89 bits per heavy atom. The van der Waals surface area contributed by atoms with Gasteiger partial charge in [0.25, 0.3) is 0 Å². The first-order valence-corrected chi connectivity index (χ1v) is 18.9. The number of hydrogen-bond acceptors (Lipinski definition) is 0. The van der Waals surface area contributed by atoms with Gasteiger partial charge in [-0.2, -0.15) is 0 Å². The number of allylic oxidation sites excluding steroid dienone is 4. The third kappa shape index (κ3) is 5.09. The molecule has 0 heterocycles. The second-order valence-electron chi connectivity index (χ2n) is 11.4. The molecule has 0 nitrogen and oxygen atoms in total. The Hall–Kier alpha value is -3.06. The van der Waals surface area contributed by atoms with Gasteiger partial charge in [-0.3, -0.25) is 0 Å². The van der Waals surface area contributed by atoms with Crippen LogP contribution in [0.5, 0.6) is 0 Å². The maximum Gasteiger partial charge on any atom is -1.00 e. The van der Waals surface area contributed by atoms with E-state index in [2.05, 4.69) is 146 Å². The zero-order chi connectivity index (χ0) is 28.2. The fraction of sp³-hybridized carbons (Fsp3) is 0.0750. The summed E-state index contributed by atoms with van der Waals surface area (Å²) >= 11 is 3.67. The van der Waals surface area contributed by atoms with E-state index in [1.54, 1.807) is 6.49 Å². The fourth-order valence-electron chi connectivity index (χ4n) is 7.14. The van der Waals surface area contributed by atoms with Gasteiger partial charge in [0.05, 0.1) is 0 Å². The predicted molar refractivity (Wildman–Crippen MR) is 176 cm³/mol. The van der Waals surface area contributed by atoms with Crippen LogP contribution in [0.15, 0.2) is 143 Å². The summed E-state index contributed by atoms with van der Waals surface area (Å²) in [5.41, 5.74) is 9.82. The van der Waals surface area contributed by atoms with E-state index in [0.29, 0.717) is 3.63 Å². The molecule has 4 heteroatoms. The van der Waals surface area contributed by atoms with E-state index in [9.17, 15) is 0 Å². The molecule has 0 radical (unpaired) electrons. The van der Waals surface area contributed by atoms with Crippen molar-refractivity contribution in [3.8, 4) is 11.1 Å². The van der Waals surface area contributed by atoms with Gasteiger partial charge in [0.15, 0.2) is 0 Å². The van der Waals surface area contributed by atoms with Gasteiger partial charge in [-0.1, -0.05) is 0 Å². The van der Waals surface area contributed by atoms with Gasteiger partial charge in [0, 0.05) is 0 Å². The molecule has 0 saturated carbocycles. The molecule has 8 rings (SSSR count). The van der Waals surface area contributed by atoms with E-state index >= 15 is 0 Å². The molecule has 6 aromatic carbocycles. The third-order valence-corrected chi connectivity index (χ3v) is 17.5. The largest absolute Gasteiger partial charge is 1.00 e. The van der Waals surface area contributed by atoms with Crippen molar-refractivity contribution >= 4 is 36.4 Å². The van der Waals surface area contributed by atoms with Crippen molar-refractivity contribution in [2.75, 3.05) is 0 Å². The Morgan fingerprint density at radius 2 is 1.23 bits per heavy atom. The van der Waals surface area contributed by atoms with E-state index in [1.165, 1.54) is 60.5 Å². The number of halogens is 3. The number of fused-ring (bicyclic) bond motifs is 8. The van der Waals surface area contributed by atoms with Gasteiger partial charge in [-0.25, -0.2) is 0 Å². The molecular weight excluding hydrogens is 678 g/mol. The minimum absolute atomic E-state index is 0. The van der Waals surface area contributed by atoms with Crippen molar-refractivity contribution < 1.29 is 46.1 Å². The Bertz CT molecular complexity index is 2070. The van der Waals surface area contributed by atoms with Crippen molar-refractivity contribution in [2.24, 2.45) is 0 Å². The summed E-state index contributed by atoms with van der Waals surface area (Å²) in [6.45, 7) is 2.18. The van der Waals surface area contributed by atoms with Gasteiger partial charge < -0.3 is 24.8 Å². The normalized spacial score (nSPS) is 14.8. The zero-order valence-electron chi connectivity index (χ0n) is 24.2.